The highest BCUT2D eigenvalue weighted by atomic mass is 35.5. The number of carbonyl (C=O) groups is 1. The summed E-state index contributed by atoms with van der Waals surface area (Å²) in [6.45, 7) is 0.330. The van der Waals surface area contributed by atoms with Crippen molar-refractivity contribution in [3.63, 3.8) is 0 Å². The van der Waals surface area contributed by atoms with Gasteiger partial charge in [-0.3, -0.25) is 4.79 Å². The second-order valence-electron chi connectivity index (χ2n) is 3.77. The van der Waals surface area contributed by atoms with E-state index in [1.165, 1.54) is 12.1 Å². The lowest BCUT2D eigenvalue weighted by Gasteiger charge is -2.15. The summed E-state index contributed by atoms with van der Waals surface area (Å²) < 4.78 is 49.1. The van der Waals surface area contributed by atoms with Crippen molar-refractivity contribution in [3.8, 4) is 0 Å². The van der Waals surface area contributed by atoms with Crippen LogP contribution in [0.25, 0.3) is 0 Å². The van der Waals surface area contributed by atoms with Crippen molar-refractivity contribution >= 4 is 17.5 Å². The fourth-order valence-corrected chi connectivity index (χ4v) is 1.47. The first-order chi connectivity index (χ1) is 8.76. The largest absolute Gasteiger partial charge is 0.346 e. The van der Waals surface area contributed by atoms with E-state index in [1.807, 2.05) is 0 Å². The van der Waals surface area contributed by atoms with Crippen molar-refractivity contribution in [1.29, 1.82) is 0 Å². The lowest BCUT2D eigenvalue weighted by Crippen LogP contribution is -2.41. The monoisotopic (exact) mass is 298 g/mol. The first-order valence-electron chi connectivity index (χ1n) is 5.37. The van der Waals surface area contributed by atoms with E-state index in [9.17, 15) is 22.4 Å². The molecule has 3 nitrogen and oxygen atoms in total. The topological polar surface area (TPSA) is 42.0 Å². The van der Waals surface area contributed by atoms with Crippen LogP contribution >= 0.6 is 11.6 Å². The van der Waals surface area contributed by atoms with E-state index in [0.717, 1.165) is 0 Å². The first-order valence-corrected chi connectivity index (χ1v) is 5.74. The fraction of sp³-hybridized carbons (Fsp3) is 0.455. The van der Waals surface area contributed by atoms with E-state index < -0.39 is 24.8 Å². The maximum absolute atomic E-state index is 12.6. The van der Waals surface area contributed by atoms with Gasteiger partial charge in [0.25, 0.3) is 5.91 Å². The van der Waals surface area contributed by atoms with Gasteiger partial charge in [0.05, 0.1) is 6.54 Å². The zero-order chi connectivity index (χ0) is 14.6. The summed E-state index contributed by atoms with van der Waals surface area (Å²) in [5.74, 6) is -5.17. The molecular weight excluding hydrogens is 288 g/mol. The summed E-state index contributed by atoms with van der Waals surface area (Å²) in [7, 11) is 0. The molecule has 0 aromatic carbocycles. The van der Waals surface area contributed by atoms with E-state index >= 15 is 0 Å². The fourth-order valence-electron chi connectivity index (χ4n) is 1.24. The molecule has 0 saturated carbocycles. The van der Waals surface area contributed by atoms with Gasteiger partial charge >= 0.3 is 12.3 Å². The summed E-state index contributed by atoms with van der Waals surface area (Å²) in [5, 5.41) is 1.78. The van der Waals surface area contributed by atoms with Gasteiger partial charge in [-0.05, 0) is 18.6 Å². The number of hydrogen-bond donors (Lipinski definition) is 1. The quantitative estimate of drug-likeness (QED) is 0.671. The number of pyridine rings is 1. The van der Waals surface area contributed by atoms with Crippen LogP contribution in [0.3, 0.4) is 0 Å². The lowest BCUT2D eigenvalue weighted by molar-refractivity contribution is -0.123. The van der Waals surface area contributed by atoms with Gasteiger partial charge in [0.1, 0.15) is 5.15 Å². The molecule has 8 heteroatoms. The van der Waals surface area contributed by atoms with Gasteiger partial charge in [-0.1, -0.05) is 18.5 Å². The number of rotatable bonds is 5. The molecular formula is C11H11ClF4N2O. The number of hydrogen-bond acceptors (Lipinski definition) is 2. The number of aromatic nitrogens is 1. The van der Waals surface area contributed by atoms with Crippen molar-refractivity contribution in [1.82, 2.24) is 10.3 Å². The molecule has 0 unspecified atom stereocenters. The average molecular weight is 299 g/mol. The summed E-state index contributed by atoms with van der Waals surface area (Å²) >= 11 is 5.65. The molecule has 0 fully saturated rings. The van der Waals surface area contributed by atoms with Gasteiger partial charge in [-0.25, -0.2) is 13.8 Å². The Hall–Kier alpha value is -1.37. The summed E-state index contributed by atoms with van der Waals surface area (Å²) in [6, 6.07) is 2.54. The van der Waals surface area contributed by atoms with E-state index in [1.54, 1.807) is 12.2 Å². The third-order valence-electron chi connectivity index (χ3n) is 2.28. The van der Waals surface area contributed by atoms with Crippen molar-refractivity contribution in [2.24, 2.45) is 0 Å². The molecule has 0 atom stereocenters. The zero-order valence-corrected chi connectivity index (χ0v) is 10.6. The molecule has 0 aliphatic carbocycles. The van der Waals surface area contributed by atoms with Crippen LogP contribution in [0.2, 0.25) is 5.15 Å². The van der Waals surface area contributed by atoms with Crippen LogP contribution in [0.5, 0.6) is 0 Å². The number of aryl methyl sites for hydroxylation is 1. The minimum Gasteiger partial charge on any atom is -0.346 e. The summed E-state index contributed by atoms with van der Waals surface area (Å²) in [6.07, 6.45) is -3.34. The molecule has 0 spiro atoms. The smallest absolute Gasteiger partial charge is 0.324 e. The Morgan fingerprint density at radius 3 is 2.63 bits per heavy atom. The minimum absolute atomic E-state index is 0.00177. The lowest BCUT2D eigenvalue weighted by atomic mass is 10.2. The van der Waals surface area contributed by atoms with Crippen LogP contribution in [0.1, 0.15) is 23.0 Å². The normalized spacial score (nSPS) is 11.7. The van der Waals surface area contributed by atoms with Crippen LogP contribution in [-0.2, 0) is 6.42 Å². The van der Waals surface area contributed by atoms with Crippen molar-refractivity contribution < 1.29 is 22.4 Å². The van der Waals surface area contributed by atoms with E-state index in [4.69, 9.17) is 11.6 Å². The van der Waals surface area contributed by atoms with Crippen LogP contribution in [-0.4, -0.2) is 29.8 Å². The van der Waals surface area contributed by atoms with Crippen molar-refractivity contribution in [2.75, 3.05) is 6.54 Å². The molecule has 1 heterocycles. The number of carbonyl (C=O) groups excluding carboxylic acids is 1. The number of halogens is 5. The minimum atomic E-state index is -4.26. The number of amides is 1. The standard InChI is InChI=1S/C11H11ClF4N2O/c1-2-7-3-6(4-8(12)18-7)9(19)17-5-11(15,16)10(13)14/h3-4,10H,2,5H2,1H3,(H,17,19). The average Bonchev–Trinajstić information content (AvgIpc) is 2.34. The molecule has 1 amide bonds. The second-order valence-corrected chi connectivity index (χ2v) is 4.16. The van der Waals surface area contributed by atoms with Gasteiger partial charge in [0.15, 0.2) is 0 Å². The van der Waals surface area contributed by atoms with Crippen LogP contribution in [0.4, 0.5) is 17.6 Å². The highest BCUT2D eigenvalue weighted by Crippen LogP contribution is 2.21. The molecule has 1 rings (SSSR count). The molecule has 0 bridgehead atoms. The number of nitrogens with one attached hydrogen (secondary N) is 1. The molecule has 1 N–H and O–H groups in total. The van der Waals surface area contributed by atoms with Gasteiger partial charge in [-0.2, -0.15) is 8.78 Å². The maximum atomic E-state index is 12.6. The van der Waals surface area contributed by atoms with Gasteiger partial charge < -0.3 is 5.32 Å². The molecule has 1 aromatic rings. The highest BCUT2D eigenvalue weighted by Gasteiger charge is 2.40. The molecule has 19 heavy (non-hydrogen) atoms. The molecule has 106 valence electrons. The number of alkyl halides is 4. The number of nitrogens with zero attached hydrogens (tertiary/aromatic N) is 1. The van der Waals surface area contributed by atoms with Crippen LogP contribution in [0, 0.1) is 0 Å². The second kappa shape index (κ2) is 6.18. The molecule has 0 aliphatic rings. The molecule has 0 aliphatic heterocycles. The van der Waals surface area contributed by atoms with Crippen molar-refractivity contribution in [3.05, 3.63) is 28.5 Å². The Kier molecular flexibility index (Phi) is 5.11. The van der Waals surface area contributed by atoms with Gasteiger partial charge in [0.2, 0.25) is 0 Å². The van der Waals surface area contributed by atoms with E-state index in [0.29, 0.717) is 12.1 Å². The zero-order valence-electron chi connectivity index (χ0n) is 9.89. The SMILES string of the molecule is CCc1cc(C(=O)NCC(F)(F)C(F)F)cc(Cl)n1. The third kappa shape index (κ3) is 4.34. The Morgan fingerprint density at radius 2 is 2.11 bits per heavy atom. The Labute approximate surface area is 112 Å². The summed E-state index contributed by atoms with van der Waals surface area (Å²) in [5.41, 5.74) is 0.500. The summed E-state index contributed by atoms with van der Waals surface area (Å²) in [4.78, 5) is 15.4. The first kappa shape index (κ1) is 15.7. The molecule has 0 radical (unpaired) electrons. The van der Waals surface area contributed by atoms with Crippen molar-refractivity contribution in [2.45, 2.75) is 25.7 Å². The third-order valence-corrected chi connectivity index (χ3v) is 2.47. The maximum Gasteiger partial charge on any atom is 0.324 e. The molecule has 1 aromatic heterocycles. The molecule has 0 saturated heterocycles. The Morgan fingerprint density at radius 1 is 1.47 bits per heavy atom. The van der Waals surface area contributed by atoms with E-state index in [-0.39, 0.29) is 10.7 Å². The highest BCUT2D eigenvalue weighted by molar-refractivity contribution is 6.29. The Bertz CT molecular complexity index is 468. The predicted octanol–water partition coefficient (Wildman–Crippen LogP) is 2.93. The Balaban J connectivity index is 2.76. The van der Waals surface area contributed by atoms with Crippen LogP contribution in [0.15, 0.2) is 12.1 Å². The van der Waals surface area contributed by atoms with E-state index in [2.05, 4.69) is 4.98 Å². The predicted molar refractivity (Wildman–Crippen MR) is 61.9 cm³/mol. The van der Waals surface area contributed by atoms with Gasteiger partial charge in [0, 0.05) is 11.3 Å². The van der Waals surface area contributed by atoms with Gasteiger partial charge in [-0.15, -0.1) is 0 Å². The van der Waals surface area contributed by atoms with Crippen LogP contribution < -0.4 is 5.32 Å².